The van der Waals surface area contributed by atoms with Crippen molar-refractivity contribution in [3.63, 3.8) is 0 Å². The molecule has 0 saturated heterocycles. The fourth-order valence-corrected chi connectivity index (χ4v) is 2.73. The van der Waals surface area contributed by atoms with Crippen LogP contribution in [-0.2, 0) is 10.0 Å². The predicted molar refractivity (Wildman–Crippen MR) is 97.1 cm³/mol. The number of rotatable bonds is 10. The molecule has 0 aromatic heterocycles. The largest absolute Gasteiger partial charge is 0.390 e. The molecule has 0 fully saturated rings. The zero-order chi connectivity index (χ0) is 17.5. The number of aliphatic hydroxyl groups excluding tert-OH is 1. The Labute approximate surface area is 143 Å². The lowest BCUT2D eigenvalue weighted by Gasteiger charge is -2.24. The molecule has 8 heteroatoms. The molecule has 23 heavy (non-hydrogen) atoms. The lowest BCUT2D eigenvalue weighted by molar-refractivity contribution is 0.211. The van der Waals surface area contributed by atoms with E-state index in [0.717, 1.165) is 29.7 Å². The molecule has 0 aliphatic rings. The summed E-state index contributed by atoms with van der Waals surface area (Å²) in [6.07, 6.45) is 0.577. The number of halogens is 1. The first-order valence-electron chi connectivity index (χ1n) is 7.55. The number of nitrogens with one attached hydrogen (secondary N) is 2. The molecular weight excluding hydrogens is 338 g/mol. The van der Waals surface area contributed by atoms with E-state index >= 15 is 0 Å². The van der Waals surface area contributed by atoms with Gasteiger partial charge < -0.3 is 15.3 Å². The van der Waals surface area contributed by atoms with Gasteiger partial charge in [0.25, 0.3) is 0 Å². The second-order valence-corrected chi connectivity index (χ2v) is 7.58. The maximum atomic E-state index is 11.1. The van der Waals surface area contributed by atoms with E-state index in [-0.39, 0.29) is 5.88 Å². The Morgan fingerprint density at radius 2 is 2.09 bits per heavy atom. The average Bonchev–Trinajstić information content (AvgIpc) is 2.49. The van der Waals surface area contributed by atoms with Gasteiger partial charge >= 0.3 is 0 Å². The van der Waals surface area contributed by atoms with Gasteiger partial charge in [-0.15, -0.1) is 11.6 Å². The monoisotopic (exact) mass is 363 g/mol. The number of aryl methyl sites for hydroxylation is 1. The lowest BCUT2D eigenvalue weighted by atomic mass is 10.1. The number of alkyl halides is 1. The van der Waals surface area contributed by atoms with E-state index in [1.165, 1.54) is 0 Å². The van der Waals surface area contributed by atoms with Crippen LogP contribution in [0.15, 0.2) is 18.2 Å². The summed E-state index contributed by atoms with van der Waals surface area (Å²) in [4.78, 5) is 2.10. The van der Waals surface area contributed by atoms with E-state index in [1.54, 1.807) is 0 Å². The number of sulfonamides is 1. The summed E-state index contributed by atoms with van der Waals surface area (Å²) in [5.41, 5.74) is 3.03. The van der Waals surface area contributed by atoms with Gasteiger partial charge in [-0.2, -0.15) is 0 Å². The van der Waals surface area contributed by atoms with Gasteiger partial charge in [0.2, 0.25) is 10.0 Å². The van der Waals surface area contributed by atoms with Crippen LogP contribution in [0.5, 0.6) is 0 Å². The molecule has 1 aromatic rings. The van der Waals surface area contributed by atoms with Crippen LogP contribution in [-0.4, -0.2) is 57.9 Å². The van der Waals surface area contributed by atoms with Gasteiger partial charge in [-0.3, -0.25) is 0 Å². The van der Waals surface area contributed by atoms with E-state index in [2.05, 4.69) is 14.9 Å². The smallest absolute Gasteiger partial charge is 0.208 e. The van der Waals surface area contributed by atoms with Crippen LogP contribution >= 0.6 is 11.6 Å². The molecule has 0 amide bonds. The molecule has 0 aliphatic carbocycles. The van der Waals surface area contributed by atoms with Crippen LogP contribution in [0.1, 0.15) is 12.5 Å². The number of anilines is 2. The Hall–Kier alpha value is -1.02. The van der Waals surface area contributed by atoms with Crippen molar-refractivity contribution in [2.75, 3.05) is 48.5 Å². The predicted octanol–water partition coefficient (Wildman–Crippen LogP) is 1.38. The Bertz CT molecular complexity index is 596. The van der Waals surface area contributed by atoms with Crippen LogP contribution in [0.4, 0.5) is 11.4 Å². The third kappa shape index (κ3) is 7.39. The van der Waals surface area contributed by atoms with Gasteiger partial charge in [-0.05, 0) is 37.6 Å². The van der Waals surface area contributed by atoms with Crippen LogP contribution < -0.4 is 14.9 Å². The fourth-order valence-electron chi connectivity index (χ4n) is 2.16. The second kappa shape index (κ2) is 9.32. The molecule has 0 radical (unpaired) electrons. The number of likely N-dealkylation sites (N-methyl/N-ethyl adjacent to an activating group) is 1. The summed E-state index contributed by atoms with van der Waals surface area (Å²) in [5.74, 6) is 0.196. The highest BCUT2D eigenvalue weighted by atomic mass is 35.5. The Kier molecular flexibility index (Phi) is 8.11. The number of benzene rings is 1. The quantitative estimate of drug-likeness (QED) is 0.547. The molecule has 0 aliphatic heterocycles. The lowest BCUT2D eigenvalue weighted by Crippen LogP contribution is -2.34. The summed E-state index contributed by atoms with van der Waals surface area (Å²) in [5, 5.41) is 12.7. The van der Waals surface area contributed by atoms with Crippen molar-refractivity contribution in [3.05, 3.63) is 23.8 Å². The highest BCUT2D eigenvalue weighted by Gasteiger charge is 2.09. The van der Waals surface area contributed by atoms with Crippen LogP contribution in [0.2, 0.25) is 0 Å². The second-order valence-electron chi connectivity index (χ2n) is 5.43. The number of hydrogen-bond donors (Lipinski definition) is 3. The first kappa shape index (κ1) is 20.0. The highest BCUT2D eigenvalue weighted by Crippen LogP contribution is 2.22. The Balaban J connectivity index is 2.69. The molecular formula is C15H26ClN3O3S. The molecule has 3 N–H and O–H groups in total. The minimum Gasteiger partial charge on any atom is -0.390 e. The van der Waals surface area contributed by atoms with Crippen molar-refractivity contribution < 1.29 is 13.5 Å². The standard InChI is InChI=1S/C15H26ClN3O3S/c1-4-19(8-7-18-23(3,21)22)13-5-6-15(12(2)9-13)17-11-14(20)10-16/h5-6,9,14,17-18,20H,4,7-8,10-11H2,1-3H3. The van der Waals surface area contributed by atoms with Crippen molar-refractivity contribution in [1.82, 2.24) is 4.72 Å². The average molecular weight is 364 g/mol. The van der Waals surface area contributed by atoms with Crippen LogP contribution in [0, 0.1) is 6.92 Å². The molecule has 0 bridgehead atoms. The zero-order valence-corrected chi connectivity index (χ0v) is 15.4. The topological polar surface area (TPSA) is 81.7 Å². The van der Waals surface area contributed by atoms with E-state index < -0.39 is 16.1 Å². The molecule has 1 unspecified atom stereocenters. The van der Waals surface area contributed by atoms with Crippen molar-refractivity contribution in [2.45, 2.75) is 20.0 Å². The van der Waals surface area contributed by atoms with Gasteiger partial charge in [0.15, 0.2) is 0 Å². The van der Waals surface area contributed by atoms with E-state index in [4.69, 9.17) is 11.6 Å². The summed E-state index contributed by atoms with van der Waals surface area (Å²) >= 11 is 5.58. The third-order valence-corrected chi connectivity index (χ3v) is 4.49. The number of hydrogen-bond acceptors (Lipinski definition) is 5. The highest BCUT2D eigenvalue weighted by molar-refractivity contribution is 7.88. The number of aliphatic hydroxyl groups is 1. The maximum Gasteiger partial charge on any atom is 0.208 e. The molecule has 1 rings (SSSR count). The molecule has 0 spiro atoms. The van der Waals surface area contributed by atoms with Gasteiger partial charge in [0.05, 0.1) is 18.2 Å². The van der Waals surface area contributed by atoms with Gasteiger partial charge in [-0.25, -0.2) is 13.1 Å². The molecule has 0 heterocycles. The summed E-state index contributed by atoms with van der Waals surface area (Å²) < 4.78 is 24.7. The van der Waals surface area contributed by atoms with Crippen LogP contribution in [0.25, 0.3) is 0 Å². The maximum absolute atomic E-state index is 11.1. The van der Waals surface area contributed by atoms with Gasteiger partial charge in [0.1, 0.15) is 0 Å². The number of nitrogens with zero attached hydrogens (tertiary/aromatic N) is 1. The normalized spacial score (nSPS) is 12.9. The van der Waals surface area contributed by atoms with Crippen molar-refractivity contribution in [1.29, 1.82) is 0 Å². The van der Waals surface area contributed by atoms with E-state index in [9.17, 15) is 13.5 Å². The molecule has 6 nitrogen and oxygen atoms in total. The van der Waals surface area contributed by atoms with Crippen molar-refractivity contribution in [3.8, 4) is 0 Å². The van der Waals surface area contributed by atoms with E-state index in [0.29, 0.717) is 19.6 Å². The van der Waals surface area contributed by atoms with E-state index in [1.807, 2.05) is 32.0 Å². The summed E-state index contributed by atoms with van der Waals surface area (Å²) in [7, 11) is -3.16. The molecule has 1 aromatic carbocycles. The third-order valence-electron chi connectivity index (χ3n) is 3.41. The zero-order valence-electron chi connectivity index (χ0n) is 13.8. The SMILES string of the molecule is CCN(CCNS(C)(=O)=O)c1ccc(NCC(O)CCl)c(C)c1. The van der Waals surface area contributed by atoms with Gasteiger partial charge in [0, 0.05) is 37.6 Å². The Morgan fingerprint density at radius 1 is 1.39 bits per heavy atom. The molecule has 1 atom stereocenters. The summed E-state index contributed by atoms with van der Waals surface area (Å²) in [6, 6.07) is 5.98. The van der Waals surface area contributed by atoms with Crippen molar-refractivity contribution >= 4 is 33.0 Å². The first-order chi connectivity index (χ1) is 10.8. The minimum absolute atomic E-state index is 0.196. The summed E-state index contributed by atoms with van der Waals surface area (Å²) in [6.45, 7) is 6.16. The van der Waals surface area contributed by atoms with Crippen molar-refractivity contribution in [2.24, 2.45) is 0 Å². The fraction of sp³-hybridized carbons (Fsp3) is 0.600. The first-order valence-corrected chi connectivity index (χ1v) is 9.97. The van der Waals surface area contributed by atoms with Crippen LogP contribution in [0.3, 0.4) is 0 Å². The van der Waals surface area contributed by atoms with Gasteiger partial charge in [-0.1, -0.05) is 0 Å². The molecule has 0 saturated carbocycles. The Morgan fingerprint density at radius 3 is 2.61 bits per heavy atom. The minimum atomic E-state index is -3.16. The molecule has 132 valence electrons.